The maximum absolute atomic E-state index is 11.5. The van der Waals surface area contributed by atoms with Gasteiger partial charge in [-0.3, -0.25) is 4.79 Å². The van der Waals surface area contributed by atoms with Gasteiger partial charge in [0.15, 0.2) is 0 Å². The van der Waals surface area contributed by atoms with Crippen LogP contribution in [0.4, 0.5) is 4.79 Å². The van der Waals surface area contributed by atoms with Gasteiger partial charge in [0.2, 0.25) is 0 Å². The van der Waals surface area contributed by atoms with E-state index in [1.807, 2.05) is 13.8 Å². The average molecular weight is 228 g/mol. The predicted molar refractivity (Wildman–Crippen MR) is 60.1 cm³/mol. The highest BCUT2D eigenvalue weighted by molar-refractivity contribution is 5.77. The lowest BCUT2D eigenvalue weighted by molar-refractivity contribution is -0.142. The van der Waals surface area contributed by atoms with Crippen molar-refractivity contribution in [3.05, 3.63) is 0 Å². The molecule has 0 aromatic heterocycles. The molecule has 0 aliphatic heterocycles. The fraction of sp³-hybridized carbons (Fsp3) is 0.818. The molecule has 2 amide bonds. The van der Waals surface area contributed by atoms with Crippen molar-refractivity contribution in [3.8, 4) is 0 Å². The van der Waals surface area contributed by atoms with Gasteiger partial charge in [-0.25, -0.2) is 4.79 Å². The molecule has 0 aromatic rings. The van der Waals surface area contributed by atoms with Gasteiger partial charge >= 0.3 is 12.0 Å². The zero-order valence-electron chi connectivity index (χ0n) is 9.82. The van der Waals surface area contributed by atoms with Crippen molar-refractivity contribution in [2.75, 3.05) is 6.54 Å². The van der Waals surface area contributed by atoms with Crippen LogP contribution in [0, 0.1) is 11.8 Å². The standard InChI is InChI=1S/C11H20N2O3/c1-7(2)6-12-11(16)13-9-5-3-4-8(9)10(14)15/h7-9H,3-6H2,1-2H3,(H,14,15)(H2,12,13,16). The van der Waals surface area contributed by atoms with Crippen LogP contribution in [0.25, 0.3) is 0 Å². The monoisotopic (exact) mass is 228 g/mol. The third-order valence-electron chi connectivity index (χ3n) is 2.82. The number of carboxylic acids is 1. The largest absolute Gasteiger partial charge is 0.481 e. The fourth-order valence-corrected chi connectivity index (χ4v) is 1.94. The second-order valence-electron chi connectivity index (χ2n) is 4.73. The van der Waals surface area contributed by atoms with Crippen LogP contribution in [-0.2, 0) is 4.79 Å². The van der Waals surface area contributed by atoms with Crippen molar-refractivity contribution >= 4 is 12.0 Å². The molecule has 5 heteroatoms. The van der Waals surface area contributed by atoms with Gasteiger partial charge in [0.05, 0.1) is 5.92 Å². The van der Waals surface area contributed by atoms with E-state index >= 15 is 0 Å². The van der Waals surface area contributed by atoms with E-state index in [0.29, 0.717) is 18.9 Å². The van der Waals surface area contributed by atoms with Gasteiger partial charge in [-0.05, 0) is 18.8 Å². The molecule has 5 nitrogen and oxygen atoms in total. The lowest BCUT2D eigenvalue weighted by atomic mass is 10.0. The molecule has 0 heterocycles. The summed E-state index contributed by atoms with van der Waals surface area (Å²) in [6.45, 7) is 4.63. The Labute approximate surface area is 95.6 Å². The van der Waals surface area contributed by atoms with Crippen LogP contribution < -0.4 is 10.6 Å². The molecule has 0 saturated heterocycles. The first kappa shape index (κ1) is 12.8. The van der Waals surface area contributed by atoms with Gasteiger partial charge < -0.3 is 15.7 Å². The third-order valence-corrected chi connectivity index (χ3v) is 2.82. The fourth-order valence-electron chi connectivity index (χ4n) is 1.94. The number of rotatable bonds is 4. The summed E-state index contributed by atoms with van der Waals surface area (Å²) in [7, 11) is 0. The van der Waals surface area contributed by atoms with Crippen LogP contribution in [-0.4, -0.2) is 29.7 Å². The predicted octanol–water partition coefficient (Wildman–Crippen LogP) is 1.19. The molecule has 0 spiro atoms. The molecule has 2 atom stereocenters. The minimum absolute atomic E-state index is 0.218. The van der Waals surface area contributed by atoms with Crippen LogP contribution in [0.2, 0.25) is 0 Å². The first-order valence-electron chi connectivity index (χ1n) is 5.78. The summed E-state index contributed by atoms with van der Waals surface area (Å²) in [5, 5.41) is 14.4. The molecule has 1 aliphatic rings. The van der Waals surface area contributed by atoms with E-state index in [1.54, 1.807) is 0 Å². The second kappa shape index (κ2) is 5.72. The van der Waals surface area contributed by atoms with Crippen molar-refractivity contribution in [2.45, 2.75) is 39.2 Å². The second-order valence-corrected chi connectivity index (χ2v) is 4.73. The molecule has 1 aliphatic carbocycles. The Bertz CT molecular complexity index is 266. The number of urea groups is 1. The number of nitrogens with one attached hydrogen (secondary N) is 2. The molecule has 0 radical (unpaired) electrons. The Morgan fingerprint density at radius 3 is 2.62 bits per heavy atom. The number of carbonyl (C=O) groups excluding carboxylic acids is 1. The van der Waals surface area contributed by atoms with Crippen molar-refractivity contribution in [1.82, 2.24) is 10.6 Å². The first-order valence-corrected chi connectivity index (χ1v) is 5.78. The summed E-state index contributed by atoms with van der Waals surface area (Å²) in [6, 6.07) is -0.475. The molecular formula is C11H20N2O3. The summed E-state index contributed by atoms with van der Waals surface area (Å²) in [5.41, 5.74) is 0. The Kier molecular flexibility index (Phi) is 4.58. The topological polar surface area (TPSA) is 78.4 Å². The number of hydrogen-bond donors (Lipinski definition) is 3. The van der Waals surface area contributed by atoms with E-state index in [0.717, 1.165) is 12.8 Å². The average Bonchev–Trinajstić information content (AvgIpc) is 2.62. The maximum Gasteiger partial charge on any atom is 0.315 e. The molecule has 16 heavy (non-hydrogen) atoms. The molecular weight excluding hydrogens is 208 g/mol. The summed E-state index contributed by atoms with van der Waals surface area (Å²) in [5.74, 6) is -0.846. The van der Waals surface area contributed by atoms with E-state index in [1.165, 1.54) is 0 Å². The SMILES string of the molecule is CC(C)CNC(=O)NC1CCCC1C(=O)O. The van der Waals surface area contributed by atoms with Crippen molar-refractivity contribution in [3.63, 3.8) is 0 Å². The highest BCUT2D eigenvalue weighted by Crippen LogP contribution is 2.25. The quantitative estimate of drug-likeness (QED) is 0.676. The van der Waals surface area contributed by atoms with Crippen molar-refractivity contribution < 1.29 is 14.7 Å². The molecule has 1 fully saturated rings. The van der Waals surface area contributed by atoms with Crippen LogP contribution in [0.1, 0.15) is 33.1 Å². The third kappa shape index (κ3) is 3.72. The molecule has 2 unspecified atom stereocenters. The normalized spacial score (nSPS) is 24.4. The Morgan fingerprint density at radius 1 is 1.38 bits per heavy atom. The van der Waals surface area contributed by atoms with Crippen molar-refractivity contribution in [2.24, 2.45) is 11.8 Å². The lowest BCUT2D eigenvalue weighted by Crippen LogP contribution is -2.46. The molecule has 92 valence electrons. The number of carbonyl (C=O) groups is 2. The summed E-state index contributed by atoms with van der Waals surface area (Å²) in [6.07, 6.45) is 2.28. The lowest BCUT2D eigenvalue weighted by Gasteiger charge is -2.18. The van der Waals surface area contributed by atoms with Crippen LogP contribution >= 0.6 is 0 Å². The summed E-state index contributed by atoms with van der Waals surface area (Å²) in [4.78, 5) is 22.3. The molecule has 1 rings (SSSR count). The molecule has 0 aromatic carbocycles. The Hall–Kier alpha value is -1.26. The number of carboxylic acid groups (broad SMARTS) is 1. The van der Waals surface area contributed by atoms with Gasteiger partial charge in [-0.2, -0.15) is 0 Å². The zero-order valence-corrected chi connectivity index (χ0v) is 9.82. The number of aliphatic carboxylic acids is 1. The van der Waals surface area contributed by atoms with Crippen LogP contribution in [0.3, 0.4) is 0 Å². The van der Waals surface area contributed by atoms with Crippen LogP contribution in [0.5, 0.6) is 0 Å². The van der Waals surface area contributed by atoms with Crippen LogP contribution in [0.15, 0.2) is 0 Å². The Balaban J connectivity index is 2.35. The smallest absolute Gasteiger partial charge is 0.315 e. The van der Waals surface area contributed by atoms with E-state index in [9.17, 15) is 9.59 Å². The van der Waals surface area contributed by atoms with Gasteiger partial charge in [0.1, 0.15) is 0 Å². The summed E-state index contributed by atoms with van der Waals surface area (Å²) < 4.78 is 0. The Morgan fingerprint density at radius 2 is 2.06 bits per heavy atom. The molecule has 0 bridgehead atoms. The van der Waals surface area contributed by atoms with E-state index in [2.05, 4.69) is 10.6 Å². The van der Waals surface area contributed by atoms with Gasteiger partial charge in [0.25, 0.3) is 0 Å². The highest BCUT2D eigenvalue weighted by atomic mass is 16.4. The first-order chi connectivity index (χ1) is 7.50. The van der Waals surface area contributed by atoms with Gasteiger partial charge in [-0.1, -0.05) is 20.3 Å². The molecule has 1 saturated carbocycles. The van der Waals surface area contributed by atoms with Crippen molar-refractivity contribution in [1.29, 1.82) is 0 Å². The maximum atomic E-state index is 11.5. The minimum Gasteiger partial charge on any atom is -0.481 e. The van der Waals surface area contributed by atoms with Gasteiger partial charge in [-0.15, -0.1) is 0 Å². The summed E-state index contributed by atoms with van der Waals surface area (Å²) >= 11 is 0. The number of amides is 2. The van der Waals surface area contributed by atoms with Gasteiger partial charge in [0, 0.05) is 12.6 Å². The molecule has 3 N–H and O–H groups in total. The van der Waals surface area contributed by atoms with E-state index in [-0.39, 0.29) is 12.1 Å². The minimum atomic E-state index is -0.813. The number of hydrogen-bond acceptors (Lipinski definition) is 2. The van der Waals surface area contributed by atoms with E-state index in [4.69, 9.17) is 5.11 Å². The zero-order chi connectivity index (χ0) is 12.1. The van der Waals surface area contributed by atoms with E-state index < -0.39 is 11.9 Å². The highest BCUT2D eigenvalue weighted by Gasteiger charge is 2.33.